The Hall–Kier alpha value is -5.85. The van der Waals surface area contributed by atoms with Crippen molar-refractivity contribution < 1.29 is 63.1 Å². The summed E-state index contributed by atoms with van der Waals surface area (Å²) in [6.07, 6.45) is 1.18. The van der Waals surface area contributed by atoms with Gasteiger partial charge in [0.1, 0.15) is 6.04 Å². The number of aliphatic hydroxyl groups is 2. The van der Waals surface area contributed by atoms with E-state index in [0.29, 0.717) is 50.1 Å². The molecule has 73 heavy (non-hydrogen) atoms. The molecular formula is C51H87N7O13Si2. The molecule has 0 spiro atoms. The lowest BCUT2D eigenvalue weighted by atomic mass is 9.90. The van der Waals surface area contributed by atoms with Gasteiger partial charge >= 0.3 is 24.1 Å². The van der Waals surface area contributed by atoms with E-state index in [-0.39, 0.29) is 63.1 Å². The Morgan fingerprint density at radius 1 is 0.658 bits per heavy atom. The number of carbonyl (C=O) groups excluding carboxylic acids is 7. The number of rotatable bonds is 30. The van der Waals surface area contributed by atoms with Crippen LogP contribution in [0.2, 0.25) is 51.4 Å². The number of anilines is 2. The Kier molecular flexibility index (Phi) is 32.5. The molecule has 2 aromatic rings. The number of amides is 6. The van der Waals surface area contributed by atoms with Crippen LogP contribution in [0.3, 0.4) is 0 Å². The molecule has 2 rings (SSSR count). The zero-order chi connectivity index (χ0) is 55.9. The number of hydrogen-bond acceptors (Lipinski definition) is 13. The first-order valence-corrected chi connectivity index (χ1v) is 32.3. The second-order valence-corrected chi connectivity index (χ2v) is 32.3. The first-order chi connectivity index (χ1) is 34.0. The highest BCUT2D eigenvalue weighted by atomic mass is 28.3. The quantitative estimate of drug-likeness (QED) is 0.0182. The van der Waals surface area contributed by atoms with Gasteiger partial charge in [0.15, 0.2) is 5.78 Å². The van der Waals surface area contributed by atoms with E-state index in [4.69, 9.17) is 31.8 Å². The maximum Gasteiger partial charge on any atom is 0.407 e. The zero-order valence-corrected chi connectivity index (χ0v) is 46.8. The fourth-order valence-corrected chi connectivity index (χ4v) is 7.99. The number of aliphatic hydroxyl groups excluding tert-OH is 2. The Morgan fingerprint density at radius 2 is 1.19 bits per heavy atom. The summed E-state index contributed by atoms with van der Waals surface area (Å²) in [6.45, 7) is 21.2. The highest BCUT2D eigenvalue weighted by Crippen LogP contribution is 2.20. The van der Waals surface area contributed by atoms with Crippen LogP contribution in [0.4, 0.5) is 21.0 Å². The predicted molar refractivity (Wildman–Crippen MR) is 288 cm³/mol. The van der Waals surface area contributed by atoms with Crippen molar-refractivity contribution in [3.8, 4) is 0 Å². The molecule has 20 nitrogen and oxygen atoms in total. The maximum atomic E-state index is 13.2. The highest BCUT2D eigenvalue weighted by Gasteiger charge is 2.31. The monoisotopic (exact) mass is 1060 g/mol. The molecule has 22 heteroatoms. The van der Waals surface area contributed by atoms with E-state index in [1.54, 1.807) is 62.4 Å². The third-order valence-corrected chi connectivity index (χ3v) is 14.6. The predicted octanol–water partition coefficient (Wildman–Crippen LogP) is 6.14. The van der Waals surface area contributed by atoms with Gasteiger partial charge in [-0.3, -0.25) is 28.8 Å². The number of alkyl carbamates (subject to hydrolysis) is 1. The number of carboxylic acids is 1. The molecule has 6 amide bonds. The molecule has 13 N–H and O–H groups in total. The number of Topliss-reactive ketones (excluding diaryl/α,β-unsaturated/α-hetero) is 1. The molecule has 0 radical (unpaired) electrons. The van der Waals surface area contributed by atoms with E-state index in [0.717, 1.165) is 23.3 Å². The Morgan fingerprint density at radius 3 is 1.66 bits per heavy atom. The topological polar surface area (TPSA) is 342 Å². The lowest BCUT2D eigenvalue weighted by Gasteiger charge is -2.24. The molecule has 0 bridgehead atoms. The van der Waals surface area contributed by atoms with Crippen LogP contribution in [0, 0.1) is 23.7 Å². The van der Waals surface area contributed by atoms with E-state index >= 15 is 0 Å². The smallest absolute Gasteiger partial charge is 0.407 e. The normalized spacial score (nSPS) is 12.8. The van der Waals surface area contributed by atoms with Crippen molar-refractivity contribution in [2.45, 2.75) is 156 Å². The molecule has 0 fully saturated rings. The minimum Gasteiger partial charge on any atom is -0.481 e. The van der Waals surface area contributed by atoms with Gasteiger partial charge in [-0.05, 0) is 85.0 Å². The number of benzene rings is 2. The van der Waals surface area contributed by atoms with E-state index < -0.39 is 81.9 Å². The molecule has 0 aliphatic carbocycles. The number of nitrogens with one attached hydrogen (secondary N) is 4. The molecule has 0 unspecified atom stereocenters. The third kappa shape index (κ3) is 33.5. The standard InChI is InChI=1S/C26H43N3O6Si.C18H35N3O6Si.C7H9NO/c1-18(2)21(16-24(32)35-14-15-36(3,4)5)25(33)29-22(8-6-7-9-23(27)31)26(34)28-20-12-10-19(17-30)11-13-20;1-12(2)15(21-18(26)27-9-10-28(3,4)5)14(22)11-13(16(23)24)7-6-8-20-17(19)25;8-7-3-1-6(5-9)2-4-7/h10-13,18,21-22,30H,6-9,14-17H2,1-5H3,(H2,27,31)(H,28,34)(H,29,33);12-13,15H,6-11H2,1-5H3,(H,21,26)(H,23,24)(H3,19,20,25);1-4,9H,5,8H2/t21-,22-;13-,15+;/m01./s1. The SMILES string of the molecule is CC(C)[C@H](CC(=O)OCC[Si](C)(C)C)C(=O)N[C@@H](CCCCC(N)=O)C(=O)Nc1ccc(CO)cc1.CC(C)[C@H](NC(=O)OCC[Si](C)(C)C)C(=O)C[C@@H](CCCNC(N)=O)C(=O)O.Nc1ccc(CO)cc1. The summed E-state index contributed by atoms with van der Waals surface area (Å²) >= 11 is 0. The van der Waals surface area contributed by atoms with Gasteiger partial charge in [-0.2, -0.15) is 0 Å². The summed E-state index contributed by atoms with van der Waals surface area (Å²) in [4.78, 5) is 96.3. The highest BCUT2D eigenvalue weighted by molar-refractivity contribution is 6.76. The summed E-state index contributed by atoms with van der Waals surface area (Å²) in [5.74, 6) is -4.97. The number of carboxylic acid groups (broad SMARTS) is 1. The molecule has 0 aliphatic rings. The molecule has 0 heterocycles. The molecule has 0 aromatic heterocycles. The first kappa shape index (κ1) is 67.2. The zero-order valence-electron chi connectivity index (χ0n) is 44.8. The van der Waals surface area contributed by atoms with Crippen LogP contribution < -0.4 is 38.5 Å². The van der Waals surface area contributed by atoms with Gasteiger partial charge < -0.3 is 63.3 Å². The molecule has 4 atom stereocenters. The van der Waals surface area contributed by atoms with Crippen LogP contribution in [-0.2, 0) is 51.5 Å². The van der Waals surface area contributed by atoms with Gasteiger partial charge in [-0.25, -0.2) is 9.59 Å². The molecule has 412 valence electrons. The molecule has 2 aromatic carbocycles. The maximum absolute atomic E-state index is 13.2. The van der Waals surface area contributed by atoms with Gasteiger partial charge in [0.2, 0.25) is 17.7 Å². The third-order valence-electron chi connectivity index (χ3n) is 11.2. The summed E-state index contributed by atoms with van der Waals surface area (Å²) in [6, 6.07) is 13.2. The molecule has 0 saturated carbocycles. The van der Waals surface area contributed by atoms with Crippen molar-refractivity contribution in [3.05, 3.63) is 59.7 Å². The number of carbonyl (C=O) groups is 8. The molecular weight excluding hydrogens is 975 g/mol. The Bertz CT molecular complexity index is 2010. The van der Waals surface area contributed by atoms with Crippen molar-refractivity contribution in [2.24, 2.45) is 35.1 Å². The van der Waals surface area contributed by atoms with E-state index in [1.807, 2.05) is 13.8 Å². The van der Waals surface area contributed by atoms with Gasteiger partial charge in [-0.1, -0.05) is 97.7 Å². The second kappa shape index (κ2) is 35.3. The van der Waals surface area contributed by atoms with E-state index in [9.17, 15) is 48.6 Å². The van der Waals surface area contributed by atoms with Gasteiger partial charge in [0.25, 0.3) is 0 Å². The summed E-state index contributed by atoms with van der Waals surface area (Å²) in [7, 11) is -2.68. The van der Waals surface area contributed by atoms with E-state index in [2.05, 4.69) is 60.5 Å². The number of ether oxygens (including phenoxy) is 2. The Labute approximate surface area is 434 Å². The van der Waals surface area contributed by atoms with E-state index in [1.165, 1.54) is 0 Å². The van der Waals surface area contributed by atoms with Crippen LogP contribution in [0.5, 0.6) is 0 Å². The van der Waals surface area contributed by atoms with Crippen LogP contribution in [-0.4, -0.2) is 111 Å². The van der Waals surface area contributed by atoms with Crippen molar-refractivity contribution in [3.63, 3.8) is 0 Å². The Balaban J connectivity index is 0.00000123. The summed E-state index contributed by atoms with van der Waals surface area (Å²) < 4.78 is 10.5. The lowest BCUT2D eigenvalue weighted by Crippen LogP contribution is -2.47. The van der Waals surface area contributed by atoms with Crippen LogP contribution >= 0.6 is 0 Å². The summed E-state index contributed by atoms with van der Waals surface area (Å²) in [5.41, 5.74) is 18.4. The fraction of sp³-hybridized carbons (Fsp3) is 0.608. The van der Waals surface area contributed by atoms with Crippen LogP contribution in [0.25, 0.3) is 0 Å². The number of unbranched alkanes of at least 4 members (excludes halogenated alkanes) is 1. The number of hydrogen-bond donors (Lipinski definition) is 10. The number of nitrogens with two attached hydrogens (primary N) is 3. The van der Waals surface area contributed by atoms with Crippen molar-refractivity contribution >= 4 is 75.1 Å². The molecule has 0 saturated heterocycles. The van der Waals surface area contributed by atoms with Crippen LogP contribution in [0.15, 0.2) is 48.5 Å². The van der Waals surface area contributed by atoms with Gasteiger partial charge in [-0.15, -0.1) is 0 Å². The number of esters is 1. The first-order valence-electron chi connectivity index (χ1n) is 24.9. The van der Waals surface area contributed by atoms with Crippen LogP contribution in [0.1, 0.15) is 90.2 Å². The second-order valence-electron chi connectivity index (χ2n) is 21.1. The minimum absolute atomic E-state index is 0.0617. The number of nitrogen functional groups attached to an aromatic ring is 1. The van der Waals surface area contributed by atoms with Gasteiger partial charge in [0.05, 0.1) is 50.7 Å². The average Bonchev–Trinajstić information content (AvgIpc) is 3.28. The minimum atomic E-state index is -1.35. The molecule has 0 aliphatic heterocycles. The number of ketones is 1. The number of urea groups is 1. The average molecular weight is 1060 g/mol. The summed E-state index contributed by atoms with van der Waals surface area (Å²) in [5, 5.41) is 37.7. The van der Waals surface area contributed by atoms with Gasteiger partial charge in [0, 0.05) is 46.9 Å². The number of primary amides is 2. The van der Waals surface area contributed by atoms with Crippen molar-refractivity contribution in [1.82, 2.24) is 16.0 Å². The lowest BCUT2D eigenvalue weighted by molar-refractivity contribution is -0.147. The number of aliphatic carboxylic acids is 1. The fourth-order valence-electron chi connectivity index (χ4n) is 6.56. The van der Waals surface area contributed by atoms with Crippen molar-refractivity contribution in [2.75, 3.05) is 30.8 Å². The van der Waals surface area contributed by atoms with Crippen molar-refractivity contribution in [1.29, 1.82) is 0 Å². The largest absolute Gasteiger partial charge is 0.481 e.